The van der Waals surface area contributed by atoms with Crippen LogP contribution in [0.25, 0.3) is 16.6 Å². The van der Waals surface area contributed by atoms with E-state index in [9.17, 15) is 9.59 Å². The molecule has 1 aromatic carbocycles. The monoisotopic (exact) mass is 351 g/mol. The summed E-state index contributed by atoms with van der Waals surface area (Å²) in [5.74, 6) is 0.0874. The zero-order valence-electron chi connectivity index (χ0n) is 15.1. The molecule has 0 radical (unpaired) electrons. The van der Waals surface area contributed by atoms with Gasteiger partial charge in [-0.1, -0.05) is 6.07 Å². The van der Waals surface area contributed by atoms with Gasteiger partial charge in [0.15, 0.2) is 0 Å². The van der Waals surface area contributed by atoms with Crippen molar-refractivity contribution in [2.75, 3.05) is 7.05 Å². The standard InChI is InChI=1S/C19H21N5O2/c1-11-4-7-14(8-12(11)2)24-18-15(9-21-24)17(13-5-6-13)22-23(19(18)26)10-16(25)20-3/h4,7-9,13H,5-6,10H2,1-3H3,(H,20,25). The molecule has 26 heavy (non-hydrogen) atoms. The van der Waals surface area contributed by atoms with Crippen molar-refractivity contribution in [1.82, 2.24) is 24.9 Å². The fraction of sp³-hybridized carbons (Fsp3) is 0.368. The average molecular weight is 351 g/mol. The van der Waals surface area contributed by atoms with Crippen LogP contribution in [0.5, 0.6) is 0 Å². The van der Waals surface area contributed by atoms with E-state index < -0.39 is 0 Å². The van der Waals surface area contributed by atoms with Gasteiger partial charge in [0.25, 0.3) is 5.56 Å². The van der Waals surface area contributed by atoms with Crippen LogP contribution in [0.4, 0.5) is 0 Å². The summed E-state index contributed by atoms with van der Waals surface area (Å²) in [6.07, 6.45) is 3.82. The van der Waals surface area contributed by atoms with Gasteiger partial charge in [-0.25, -0.2) is 9.36 Å². The van der Waals surface area contributed by atoms with Crippen molar-refractivity contribution >= 4 is 16.8 Å². The minimum absolute atomic E-state index is 0.0941. The number of carbonyl (C=O) groups excluding carboxylic acids is 1. The third-order valence-electron chi connectivity index (χ3n) is 4.98. The molecular weight excluding hydrogens is 330 g/mol. The van der Waals surface area contributed by atoms with Crippen LogP contribution in [0.1, 0.15) is 35.6 Å². The van der Waals surface area contributed by atoms with Crippen LogP contribution in [0.2, 0.25) is 0 Å². The van der Waals surface area contributed by atoms with E-state index in [1.807, 2.05) is 32.0 Å². The second-order valence-electron chi connectivity index (χ2n) is 6.88. The summed E-state index contributed by atoms with van der Waals surface area (Å²) in [5.41, 5.74) is 4.19. The van der Waals surface area contributed by atoms with Gasteiger partial charge in [0.1, 0.15) is 12.1 Å². The van der Waals surface area contributed by atoms with Crippen LogP contribution in [0, 0.1) is 13.8 Å². The zero-order chi connectivity index (χ0) is 18.4. The van der Waals surface area contributed by atoms with Gasteiger partial charge in [-0.3, -0.25) is 9.59 Å². The van der Waals surface area contributed by atoms with Crippen LogP contribution >= 0.6 is 0 Å². The molecule has 0 unspecified atom stereocenters. The van der Waals surface area contributed by atoms with Crippen molar-refractivity contribution in [2.24, 2.45) is 0 Å². The average Bonchev–Trinajstić information content (AvgIpc) is 3.37. The van der Waals surface area contributed by atoms with Gasteiger partial charge in [-0.2, -0.15) is 10.2 Å². The Morgan fingerprint density at radius 3 is 2.69 bits per heavy atom. The number of amides is 1. The summed E-state index contributed by atoms with van der Waals surface area (Å²) in [5, 5.41) is 12.3. The van der Waals surface area contributed by atoms with Gasteiger partial charge < -0.3 is 5.32 Å². The molecule has 1 N–H and O–H groups in total. The van der Waals surface area contributed by atoms with Gasteiger partial charge in [-0.05, 0) is 49.9 Å². The first kappa shape index (κ1) is 16.5. The maximum atomic E-state index is 13.0. The lowest BCUT2D eigenvalue weighted by Crippen LogP contribution is -2.33. The summed E-state index contributed by atoms with van der Waals surface area (Å²) in [7, 11) is 1.55. The molecule has 1 saturated carbocycles. The molecule has 2 heterocycles. The molecule has 1 aliphatic carbocycles. The van der Waals surface area contributed by atoms with Crippen molar-refractivity contribution in [3.8, 4) is 5.69 Å². The molecule has 134 valence electrons. The largest absolute Gasteiger partial charge is 0.358 e. The molecule has 0 bridgehead atoms. The van der Waals surface area contributed by atoms with Gasteiger partial charge in [0, 0.05) is 18.4 Å². The number of benzene rings is 1. The summed E-state index contributed by atoms with van der Waals surface area (Å²) in [6, 6.07) is 5.99. The summed E-state index contributed by atoms with van der Waals surface area (Å²) in [6.45, 7) is 3.99. The lowest BCUT2D eigenvalue weighted by atomic mass is 10.1. The Morgan fingerprint density at radius 2 is 2.04 bits per heavy atom. The number of hydrogen-bond donors (Lipinski definition) is 1. The van der Waals surface area contributed by atoms with E-state index in [0.29, 0.717) is 11.4 Å². The highest BCUT2D eigenvalue weighted by Gasteiger charge is 2.30. The van der Waals surface area contributed by atoms with E-state index >= 15 is 0 Å². The number of aryl methyl sites for hydroxylation is 2. The maximum Gasteiger partial charge on any atom is 0.293 e. The van der Waals surface area contributed by atoms with E-state index in [1.54, 1.807) is 17.9 Å². The van der Waals surface area contributed by atoms with Gasteiger partial charge in [0.2, 0.25) is 5.91 Å². The molecule has 1 amide bonds. The minimum Gasteiger partial charge on any atom is -0.358 e. The van der Waals surface area contributed by atoms with Crippen LogP contribution in [-0.2, 0) is 11.3 Å². The van der Waals surface area contributed by atoms with Crippen LogP contribution in [-0.4, -0.2) is 32.5 Å². The fourth-order valence-corrected chi connectivity index (χ4v) is 3.13. The first-order chi connectivity index (χ1) is 12.5. The lowest BCUT2D eigenvalue weighted by molar-refractivity contribution is -0.121. The fourth-order valence-electron chi connectivity index (χ4n) is 3.13. The molecule has 1 aliphatic rings. The molecule has 3 aromatic rings. The Labute approximate surface area is 150 Å². The maximum absolute atomic E-state index is 13.0. The van der Waals surface area contributed by atoms with Crippen molar-refractivity contribution in [1.29, 1.82) is 0 Å². The van der Waals surface area contributed by atoms with Crippen molar-refractivity contribution < 1.29 is 4.79 Å². The van der Waals surface area contributed by atoms with E-state index in [4.69, 9.17) is 0 Å². The van der Waals surface area contributed by atoms with E-state index in [2.05, 4.69) is 15.5 Å². The van der Waals surface area contributed by atoms with E-state index in [1.165, 1.54) is 10.2 Å². The van der Waals surface area contributed by atoms with Gasteiger partial charge in [-0.15, -0.1) is 0 Å². The number of rotatable bonds is 4. The Morgan fingerprint density at radius 1 is 1.27 bits per heavy atom. The summed E-state index contributed by atoms with van der Waals surface area (Å²) >= 11 is 0. The van der Waals surface area contributed by atoms with Gasteiger partial charge in [0.05, 0.1) is 17.6 Å². The summed E-state index contributed by atoms with van der Waals surface area (Å²) in [4.78, 5) is 24.9. The Hall–Kier alpha value is -2.96. The number of aromatic nitrogens is 4. The third-order valence-corrected chi connectivity index (χ3v) is 4.98. The number of likely N-dealkylation sites (N-methyl/N-ethyl adjacent to an activating group) is 1. The molecule has 0 spiro atoms. The number of nitrogens with zero attached hydrogens (tertiary/aromatic N) is 4. The molecule has 4 rings (SSSR count). The quantitative estimate of drug-likeness (QED) is 0.777. The van der Waals surface area contributed by atoms with Gasteiger partial charge >= 0.3 is 0 Å². The van der Waals surface area contributed by atoms with Crippen molar-refractivity contribution in [2.45, 2.75) is 39.2 Å². The number of nitrogens with one attached hydrogen (secondary N) is 1. The number of hydrogen-bond acceptors (Lipinski definition) is 4. The molecule has 2 aromatic heterocycles. The smallest absolute Gasteiger partial charge is 0.293 e. The Kier molecular flexibility index (Phi) is 3.86. The predicted molar refractivity (Wildman–Crippen MR) is 98.6 cm³/mol. The highest BCUT2D eigenvalue weighted by molar-refractivity contribution is 5.83. The van der Waals surface area contributed by atoms with Crippen molar-refractivity contribution in [3.63, 3.8) is 0 Å². The SMILES string of the molecule is CNC(=O)Cn1nc(C2CC2)c2cnn(-c3ccc(C)c(C)c3)c2c1=O. The van der Waals surface area contributed by atoms with Crippen molar-refractivity contribution in [3.05, 3.63) is 51.6 Å². The highest BCUT2D eigenvalue weighted by atomic mass is 16.2. The first-order valence-electron chi connectivity index (χ1n) is 8.76. The van der Waals surface area contributed by atoms with Crippen LogP contribution in [0.3, 0.4) is 0 Å². The lowest BCUT2D eigenvalue weighted by Gasteiger charge is -2.10. The highest BCUT2D eigenvalue weighted by Crippen LogP contribution is 2.41. The Bertz CT molecular complexity index is 1080. The molecule has 7 heteroatoms. The zero-order valence-corrected chi connectivity index (χ0v) is 15.1. The van der Waals surface area contributed by atoms with Crippen LogP contribution in [0.15, 0.2) is 29.2 Å². The topological polar surface area (TPSA) is 81.8 Å². The first-order valence-corrected chi connectivity index (χ1v) is 8.76. The number of fused-ring (bicyclic) bond motifs is 1. The molecule has 0 aliphatic heterocycles. The van der Waals surface area contributed by atoms with E-state index in [-0.39, 0.29) is 18.0 Å². The normalized spacial score (nSPS) is 14.0. The van der Waals surface area contributed by atoms with E-state index in [0.717, 1.165) is 35.2 Å². The predicted octanol–water partition coefficient (Wildman–Crippen LogP) is 1.82. The second kappa shape index (κ2) is 6.09. The summed E-state index contributed by atoms with van der Waals surface area (Å²) < 4.78 is 2.92. The molecule has 0 saturated heterocycles. The third kappa shape index (κ3) is 2.69. The molecule has 0 atom stereocenters. The molecule has 1 fully saturated rings. The number of carbonyl (C=O) groups is 1. The Balaban J connectivity index is 1.96. The minimum atomic E-state index is -0.302. The second-order valence-corrected chi connectivity index (χ2v) is 6.88. The molecular formula is C19H21N5O2. The molecule has 7 nitrogen and oxygen atoms in total. The van der Waals surface area contributed by atoms with Crippen LogP contribution < -0.4 is 10.9 Å².